The number of ether oxygens (including phenoxy) is 1. The minimum Gasteiger partial charge on any atom is -0.496 e. The van der Waals surface area contributed by atoms with Crippen LogP contribution in [-0.4, -0.2) is 18.6 Å². The standard InChI is InChI=1S/C15H17BrN2O2/c1-20-13-9-11(16)5-6-12(13)14(19)18-15(10-17)7-3-2-4-8-15/h5-6,9H,2-4,7-8H2,1H3,(H,18,19). The summed E-state index contributed by atoms with van der Waals surface area (Å²) in [5.74, 6) is 0.249. The number of amides is 1. The van der Waals surface area contributed by atoms with Crippen molar-refractivity contribution in [2.75, 3.05) is 7.11 Å². The van der Waals surface area contributed by atoms with Crippen LogP contribution < -0.4 is 10.1 Å². The van der Waals surface area contributed by atoms with Gasteiger partial charge in [0.25, 0.3) is 5.91 Å². The van der Waals surface area contributed by atoms with E-state index in [0.29, 0.717) is 24.2 Å². The van der Waals surface area contributed by atoms with Gasteiger partial charge in [-0.25, -0.2) is 0 Å². The lowest BCUT2D eigenvalue weighted by molar-refractivity contribution is 0.0899. The van der Waals surface area contributed by atoms with Crippen molar-refractivity contribution in [3.63, 3.8) is 0 Å². The molecular formula is C15H17BrN2O2. The second kappa shape index (κ2) is 6.27. The molecule has 4 nitrogen and oxygen atoms in total. The monoisotopic (exact) mass is 336 g/mol. The van der Waals surface area contributed by atoms with Gasteiger partial charge >= 0.3 is 0 Å². The molecule has 2 rings (SSSR count). The van der Waals surface area contributed by atoms with Gasteiger partial charge in [-0.05, 0) is 31.0 Å². The second-order valence-electron chi connectivity index (χ2n) is 5.05. The van der Waals surface area contributed by atoms with Crippen molar-refractivity contribution in [2.24, 2.45) is 0 Å². The molecule has 1 aromatic rings. The van der Waals surface area contributed by atoms with E-state index in [4.69, 9.17) is 4.74 Å². The van der Waals surface area contributed by atoms with E-state index >= 15 is 0 Å². The Morgan fingerprint density at radius 3 is 2.70 bits per heavy atom. The summed E-state index contributed by atoms with van der Waals surface area (Å²) >= 11 is 3.34. The van der Waals surface area contributed by atoms with Gasteiger partial charge in [0.05, 0.1) is 18.7 Å². The number of nitrogens with zero attached hydrogens (tertiary/aromatic N) is 1. The SMILES string of the molecule is COc1cc(Br)ccc1C(=O)NC1(C#N)CCCCC1. The van der Waals surface area contributed by atoms with Crippen molar-refractivity contribution in [1.29, 1.82) is 5.26 Å². The van der Waals surface area contributed by atoms with E-state index in [-0.39, 0.29) is 5.91 Å². The first-order chi connectivity index (χ1) is 9.60. The summed E-state index contributed by atoms with van der Waals surface area (Å²) < 4.78 is 6.08. The molecule has 0 atom stereocenters. The first-order valence-electron chi connectivity index (χ1n) is 6.67. The summed E-state index contributed by atoms with van der Waals surface area (Å²) in [5.41, 5.74) is -0.274. The van der Waals surface area contributed by atoms with Crippen molar-refractivity contribution in [2.45, 2.75) is 37.6 Å². The second-order valence-corrected chi connectivity index (χ2v) is 5.97. The number of carbonyl (C=O) groups excluding carboxylic acids is 1. The molecule has 5 heteroatoms. The van der Waals surface area contributed by atoms with Crippen LogP contribution in [0.25, 0.3) is 0 Å². The number of nitriles is 1. The van der Waals surface area contributed by atoms with Gasteiger partial charge in [-0.1, -0.05) is 35.2 Å². The fourth-order valence-electron chi connectivity index (χ4n) is 2.56. The number of rotatable bonds is 3. The maximum atomic E-state index is 12.4. The molecule has 1 saturated carbocycles. The molecule has 0 aliphatic heterocycles. The summed E-state index contributed by atoms with van der Waals surface area (Å²) in [4.78, 5) is 12.4. The van der Waals surface area contributed by atoms with E-state index in [9.17, 15) is 10.1 Å². The Morgan fingerprint density at radius 2 is 2.10 bits per heavy atom. The zero-order chi connectivity index (χ0) is 14.6. The van der Waals surface area contributed by atoms with E-state index in [1.165, 1.54) is 7.11 Å². The van der Waals surface area contributed by atoms with Crippen molar-refractivity contribution < 1.29 is 9.53 Å². The van der Waals surface area contributed by atoms with Gasteiger partial charge in [0.1, 0.15) is 11.3 Å². The first kappa shape index (κ1) is 14.9. The van der Waals surface area contributed by atoms with Gasteiger partial charge < -0.3 is 10.1 Å². The Bertz CT molecular complexity index is 545. The average Bonchev–Trinajstić information content (AvgIpc) is 2.47. The van der Waals surface area contributed by atoms with Crippen LogP contribution in [0.3, 0.4) is 0 Å². The van der Waals surface area contributed by atoms with Crippen molar-refractivity contribution in [3.05, 3.63) is 28.2 Å². The predicted octanol–water partition coefficient (Wildman–Crippen LogP) is 3.41. The number of nitrogens with one attached hydrogen (secondary N) is 1. The summed E-state index contributed by atoms with van der Waals surface area (Å²) in [6.07, 6.45) is 4.51. The highest BCUT2D eigenvalue weighted by molar-refractivity contribution is 9.10. The zero-order valence-electron chi connectivity index (χ0n) is 11.4. The fraction of sp³-hybridized carbons (Fsp3) is 0.467. The fourth-order valence-corrected chi connectivity index (χ4v) is 2.90. The molecule has 20 heavy (non-hydrogen) atoms. The summed E-state index contributed by atoms with van der Waals surface area (Å²) in [7, 11) is 1.53. The van der Waals surface area contributed by atoms with Gasteiger partial charge in [0, 0.05) is 4.47 Å². The van der Waals surface area contributed by atoms with Gasteiger partial charge in [-0.15, -0.1) is 0 Å². The molecule has 1 aliphatic carbocycles. The van der Waals surface area contributed by atoms with Crippen LogP contribution in [0.2, 0.25) is 0 Å². The lowest BCUT2D eigenvalue weighted by Gasteiger charge is -2.31. The van der Waals surface area contributed by atoms with Crippen molar-refractivity contribution in [1.82, 2.24) is 5.32 Å². The number of halogens is 1. The Kier molecular flexibility index (Phi) is 4.66. The molecule has 1 aromatic carbocycles. The summed E-state index contributed by atoms with van der Waals surface area (Å²) in [6.45, 7) is 0. The molecule has 0 spiro atoms. The first-order valence-corrected chi connectivity index (χ1v) is 7.47. The maximum Gasteiger partial charge on any atom is 0.256 e. The van der Waals surface area contributed by atoms with Gasteiger partial charge in [0.2, 0.25) is 0 Å². The number of carbonyl (C=O) groups is 1. The van der Waals surface area contributed by atoms with Crippen LogP contribution in [0.4, 0.5) is 0 Å². The summed E-state index contributed by atoms with van der Waals surface area (Å²) in [5, 5.41) is 12.3. The van der Waals surface area contributed by atoms with Crippen LogP contribution >= 0.6 is 15.9 Å². The quantitative estimate of drug-likeness (QED) is 0.919. The molecule has 1 amide bonds. The Morgan fingerprint density at radius 1 is 1.40 bits per heavy atom. The normalized spacial score (nSPS) is 17.1. The Hall–Kier alpha value is -1.54. The molecule has 1 N–H and O–H groups in total. The molecule has 0 heterocycles. The average molecular weight is 337 g/mol. The molecule has 0 saturated heterocycles. The lowest BCUT2D eigenvalue weighted by Crippen LogP contribution is -2.48. The highest BCUT2D eigenvalue weighted by atomic mass is 79.9. The largest absolute Gasteiger partial charge is 0.496 e. The van der Waals surface area contributed by atoms with E-state index in [1.54, 1.807) is 18.2 Å². The van der Waals surface area contributed by atoms with Crippen LogP contribution in [0.1, 0.15) is 42.5 Å². The zero-order valence-corrected chi connectivity index (χ0v) is 13.0. The minimum absolute atomic E-state index is 0.252. The van der Waals surface area contributed by atoms with Crippen molar-refractivity contribution >= 4 is 21.8 Å². The highest BCUT2D eigenvalue weighted by Gasteiger charge is 2.34. The molecule has 0 radical (unpaired) electrons. The highest BCUT2D eigenvalue weighted by Crippen LogP contribution is 2.29. The third-order valence-electron chi connectivity index (χ3n) is 3.68. The van der Waals surface area contributed by atoms with Gasteiger partial charge in [-0.2, -0.15) is 5.26 Å². The predicted molar refractivity (Wildman–Crippen MR) is 79.6 cm³/mol. The maximum absolute atomic E-state index is 12.4. The molecule has 0 bridgehead atoms. The van der Waals surface area contributed by atoms with Crippen LogP contribution in [0, 0.1) is 11.3 Å². The third-order valence-corrected chi connectivity index (χ3v) is 4.18. The van der Waals surface area contributed by atoms with Gasteiger partial charge in [-0.3, -0.25) is 4.79 Å². The smallest absolute Gasteiger partial charge is 0.256 e. The topological polar surface area (TPSA) is 62.1 Å². The molecule has 0 aromatic heterocycles. The van der Waals surface area contributed by atoms with Crippen LogP contribution in [0.5, 0.6) is 5.75 Å². The van der Waals surface area contributed by atoms with E-state index in [1.807, 2.05) is 0 Å². The lowest BCUT2D eigenvalue weighted by atomic mass is 9.82. The Labute approximate surface area is 127 Å². The summed E-state index contributed by atoms with van der Waals surface area (Å²) in [6, 6.07) is 7.52. The van der Waals surface area contributed by atoms with E-state index in [2.05, 4.69) is 27.3 Å². The molecule has 1 aliphatic rings. The number of hydrogen-bond donors (Lipinski definition) is 1. The van der Waals surface area contributed by atoms with Crippen molar-refractivity contribution in [3.8, 4) is 11.8 Å². The number of benzene rings is 1. The molecular weight excluding hydrogens is 320 g/mol. The molecule has 0 unspecified atom stereocenters. The third kappa shape index (κ3) is 3.13. The molecule has 1 fully saturated rings. The van der Waals surface area contributed by atoms with E-state index in [0.717, 1.165) is 23.7 Å². The number of hydrogen-bond acceptors (Lipinski definition) is 3. The van der Waals surface area contributed by atoms with Crippen LogP contribution in [0.15, 0.2) is 22.7 Å². The molecule has 106 valence electrons. The Balaban J connectivity index is 2.21. The minimum atomic E-state index is -0.729. The number of methoxy groups -OCH3 is 1. The van der Waals surface area contributed by atoms with Crippen LogP contribution in [-0.2, 0) is 0 Å². The van der Waals surface area contributed by atoms with E-state index < -0.39 is 5.54 Å². The van der Waals surface area contributed by atoms with Gasteiger partial charge in [0.15, 0.2) is 0 Å².